The fourth-order valence-corrected chi connectivity index (χ4v) is 3.35. The van der Waals surface area contributed by atoms with Crippen LogP contribution in [0.25, 0.3) is 0 Å². The average Bonchev–Trinajstić information content (AvgIpc) is 2.76. The number of anilines is 2. The number of para-hydroxylation sites is 2. The first kappa shape index (κ1) is 18.2. The van der Waals surface area contributed by atoms with Crippen molar-refractivity contribution < 1.29 is 22.8 Å². The van der Waals surface area contributed by atoms with Gasteiger partial charge in [0.15, 0.2) is 0 Å². The van der Waals surface area contributed by atoms with Crippen LogP contribution in [0.1, 0.15) is 6.42 Å². The van der Waals surface area contributed by atoms with E-state index in [1.807, 2.05) is 0 Å². The Morgan fingerprint density at radius 3 is 2.65 bits per heavy atom. The number of alkyl halides is 3. The third-order valence-corrected chi connectivity index (χ3v) is 4.68. The molecule has 9 heteroatoms. The van der Waals surface area contributed by atoms with E-state index in [2.05, 4.69) is 10.3 Å². The topological polar surface area (TPSA) is 62.3 Å². The molecule has 0 saturated heterocycles. The van der Waals surface area contributed by atoms with Crippen LogP contribution < -0.4 is 10.2 Å². The number of thioether (sulfide) groups is 1. The minimum atomic E-state index is -4.74. The van der Waals surface area contributed by atoms with E-state index in [1.165, 1.54) is 24.4 Å². The molecule has 0 spiro atoms. The van der Waals surface area contributed by atoms with Crippen LogP contribution in [0, 0.1) is 0 Å². The fourth-order valence-electron chi connectivity index (χ4n) is 2.63. The third kappa shape index (κ3) is 3.98. The number of aromatic nitrogens is 1. The van der Waals surface area contributed by atoms with Gasteiger partial charge in [0.25, 0.3) is 0 Å². The summed E-state index contributed by atoms with van der Waals surface area (Å²) < 4.78 is 40.7. The lowest BCUT2D eigenvalue weighted by molar-refractivity contribution is -0.157. The number of rotatable bonds is 3. The summed E-state index contributed by atoms with van der Waals surface area (Å²) in [6.45, 7) is 0. The molecule has 0 unspecified atom stereocenters. The second kappa shape index (κ2) is 7.36. The van der Waals surface area contributed by atoms with Crippen LogP contribution in [-0.4, -0.2) is 34.8 Å². The molecule has 1 aromatic heterocycles. The van der Waals surface area contributed by atoms with Crippen LogP contribution in [0.5, 0.6) is 0 Å². The summed E-state index contributed by atoms with van der Waals surface area (Å²) in [5, 5.41) is 2.96. The summed E-state index contributed by atoms with van der Waals surface area (Å²) >= 11 is 1.04. The summed E-state index contributed by atoms with van der Waals surface area (Å²) in [4.78, 5) is 29.3. The van der Waals surface area contributed by atoms with Crippen molar-refractivity contribution in [2.45, 2.75) is 23.7 Å². The maximum atomic E-state index is 13.6. The highest BCUT2D eigenvalue weighted by molar-refractivity contribution is 7.99. The van der Waals surface area contributed by atoms with Gasteiger partial charge in [-0.15, -0.1) is 0 Å². The smallest absolute Gasteiger partial charge is 0.324 e. The van der Waals surface area contributed by atoms with Crippen LogP contribution in [0.15, 0.2) is 53.7 Å². The Labute approximate surface area is 151 Å². The predicted octanol–water partition coefficient (Wildman–Crippen LogP) is 3.48. The molecule has 0 saturated carbocycles. The molecule has 26 heavy (non-hydrogen) atoms. The van der Waals surface area contributed by atoms with Crippen LogP contribution in [0.3, 0.4) is 0 Å². The first-order valence-electron chi connectivity index (χ1n) is 7.68. The molecule has 136 valence electrons. The number of carbonyl (C=O) groups excluding carboxylic acids is 2. The Balaban J connectivity index is 1.93. The Morgan fingerprint density at radius 1 is 1.23 bits per heavy atom. The van der Waals surface area contributed by atoms with Crippen LogP contribution >= 0.6 is 11.8 Å². The van der Waals surface area contributed by atoms with E-state index in [0.29, 0.717) is 9.93 Å². The number of nitrogens with zero attached hydrogens (tertiary/aromatic N) is 2. The summed E-state index contributed by atoms with van der Waals surface area (Å²) in [5.41, 5.74) is 0.215. The van der Waals surface area contributed by atoms with Gasteiger partial charge in [-0.25, -0.2) is 4.98 Å². The molecule has 5 nitrogen and oxygen atoms in total. The lowest BCUT2D eigenvalue weighted by Crippen LogP contribution is -2.50. The minimum absolute atomic E-state index is 0.0345. The monoisotopic (exact) mass is 381 g/mol. The molecule has 2 heterocycles. The van der Waals surface area contributed by atoms with E-state index in [9.17, 15) is 22.8 Å². The van der Waals surface area contributed by atoms with E-state index in [0.717, 1.165) is 11.8 Å². The Kier molecular flexibility index (Phi) is 5.17. The van der Waals surface area contributed by atoms with Crippen molar-refractivity contribution in [3.8, 4) is 0 Å². The number of fused-ring (bicyclic) bond motifs is 1. The molecule has 1 aliphatic rings. The molecule has 0 radical (unpaired) electrons. The first-order chi connectivity index (χ1) is 12.4. The number of hydrogen-bond acceptors (Lipinski definition) is 4. The first-order valence-corrected chi connectivity index (χ1v) is 8.66. The van der Waals surface area contributed by atoms with Crippen molar-refractivity contribution in [1.82, 2.24) is 4.98 Å². The van der Waals surface area contributed by atoms with E-state index in [4.69, 9.17) is 0 Å². The molecule has 1 atom stereocenters. The maximum Gasteiger partial charge on any atom is 0.409 e. The van der Waals surface area contributed by atoms with E-state index >= 15 is 0 Å². The summed E-state index contributed by atoms with van der Waals surface area (Å²) in [6, 6.07) is 8.84. The highest BCUT2D eigenvalue weighted by Crippen LogP contribution is 2.38. The number of nitrogens with one attached hydrogen (secondary N) is 1. The SMILES string of the molecule is O=C1C[C@H](C(F)(F)F)N(C(=O)CSc2ccccn2)c2ccccc2N1. The van der Waals surface area contributed by atoms with E-state index in [-0.39, 0.29) is 17.1 Å². The van der Waals surface area contributed by atoms with Gasteiger partial charge < -0.3 is 5.32 Å². The molecule has 2 amide bonds. The zero-order chi connectivity index (χ0) is 18.7. The molecule has 1 aliphatic heterocycles. The maximum absolute atomic E-state index is 13.6. The standard InChI is InChI=1S/C17H14F3N3O2S/c18-17(19,20)13-9-14(24)22-11-5-1-2-6-12(11)23(13)16(25)10-26-15-7-3-4-8-21-15/h1-8,13H,9-10H2,(H,22,24)/t13-/m1/s1. The molecule has 2 aromatic rings. The van der Waals surface area contributed by atoms with Gasteiger partial charge in [-0.1, -0.05) is 30.0 Å². The Morgan fingerprint density at radius 2 is 1.96 bits per heavy atom. The molecule has 0 aliphatic carbocycles. The van der Waals surface area contributed by atoms with E-state index < -0.39 is 30.5 Å². The third-order valence-electron chi connectivity index (χ3n) is 3.76. The number of pyridine rings is 1. The molecule has 0 fully saturated rings. The summed E-state index contributed by atoms with van der Waals surface area (Å²) in [6.07, 6.45) is -4.05. The predicted molar refractivity (Wildman–Crippen MR) is 92.0 cm³/mol. The van der Waals surface area contributed by atoms with Gasteiger partial charge in [-0.3, -0.25) is 14.5 Å². The van der Waals surface area contributed by atoms with Gasteiger partial charge in [-0.05, 0) is 24.3 Å². The van der Waals surface area contributed by atoms with Crippen molar-refractivity contribution in [2.75, 3.05) is 16.0 Å². The summed E-state index contributed by atoms with van der Waals surface area (Å²) in [7, 11) is 0. The quantitative estimate of drug-likeness (QED) is 0.827. The molecule has 1 aromatic carbocycles. The second-order valence-electron chi connectivity index (χ2n) is 5.55. The fraction of sp³-hybridized carbons (Fsp3) is 0.235. The van der Waals surface area contributed by atoms with E-state index in [1.54, 1.807) is 24.3 Å². The second-order valence-corrected chi connectivity index (χ2v) is 6.54. The number of benzene rings is 1. The van der Waals surface area contributed by atoms with Gasteiger partial charge in [0.1, 0.15) is 6.04 Å². The van der Waals surface area contributed by atoms with Crippen LogP contribution in [0.4, 0.5) is 24.5 Å². The number of hydrogen-bond donors (Lipinski definition) is 1. The number of halogens is 3. The highest BCUT2D eigenvalue weighted by atomic mass is 32.2. The lowest BCUT2D eigenvalue weighted by Gasteiger charge is -2.31. The largest absolute Gasteiger partial charge is 0.409 e. The molecular weight excluding hydrogens is 367 g/mol. The number of carbonyl (C=O) groups is 2. The Bertz CT molecular complexity index is 814. The van der Waals surface area contributed by atoms with Gasteiger partial charge >= 0.3 is 6.18 Å². The van der Waals surface area contributed by atoms with Crippen molar-refractivity contribution in [3.05, 3.63) is 48.7 Å². The van der Waals surface area contributed by atoms with Crippen molar-refractivity contribution >= 4 is 35.0 Å². The summed E-state index contributed by atoms with van der Waals surface area (Å²) in [5.74, 6) is -1.76. The van der Waals surface area contributed by atoms with Crippen molar-refractivity contribution in [3.63, 3.8) is 0 Å². The molecular formula is C17H14F3N3O2S. The van der Waals surface area contributed by atoms with Crippen LogP contribution in [-0.2, 0) is 9.59 Å². The normalized spacial score (nSPS) is 17.3. The zero-order valence-corrected chi connectivity index (χ0v) is 14.2. The van der Waals surface area contributed by atoms with Gasteiger partial charge in [0, 0.05) is 6.20 Å². The zero-order valence-electron chi connectivity index (χ0n) is 13.4. The molecule has 1 N–H and O–H groups in total. The highest BCUT2D eigenvalue weighted by Gasteiger charge is 2.48. The van der Waals surface area contributed by atoms with Crippen molar-refractivity contribution in [2.24, 2.45) is 0 Å². The van der Waals surface area contributed by atoms with Crippen LogP contribution in [0.2, 0.25) is 0 Å². The number of amides is 2. The van der Waals surface area contributed by atoms with Gasteiger partial charge in [0.05, 0.1) is 28.6 Å². The molecule has 0 bridgehead atoms. The Hall–Kier alpha value is -2.55. The van der Waals surface area contributed by atoms with Crippen molar-refractivity contribution in [1.29, 1.82) is 0 Å². The average molecular weight is 381 g/mol. The van der Waals surface area contributed by atoms with Gasteiger partial charge in [0.2, 0.25) is 11.8 Å². The minimum Gasteiger partial charge on any atom is -0.324 e. The van der Waals surface area contributed by atoms with Gasteiger partial charge in [-0.2, -0.15) is 13.2 Å². The molecule has 3 rings (SSSR count). The lowest BCUT2D eigenvalue weighted by atomic mass is 10.1.